The molecule has 1 fully saturated rings. The lowest BCUT2D eigenvalue weighted by atomic mass is 9.91. The van der Waals surface area contributed by atoms with Crippen molar-refractivity contribution in [2.45, 2.75) is 19.5 Å². The number of carbonyl (C=O) groups excluding carboxylic acids is 1. The molecule has 0 saturated carbocycles. The SMILES string of the molecule is Cc1cnc(C(=O)N2C[C@@H]3COc4cc(F)ccc4[C@@H]3N2Cc2cccc(-c3ncccn3)c2)s1. The molecule has 4 heterocycles. The molecule has 0 N–H and O–H groups in total. The second-order valence-corrected chi connectivity index (χ2v) is 9.97. The number of fused-ring (bicyclic) bond motifs is 3. The van der Waals surface area contributed by atoms with E-state index in [9.17, 15) is 9.18 Å². The molecule has 2 aromatic heterocycles. The van der Waals surface area contributed by atoms with Crippen LogP contribution in [0.4, 0.5) is 4.39 Å². The van der Waals surface area contributed by atoms with Crippen LogP contribution in [0.1, 0.15) is 31.8 Å². The van der Waals surface area contributed by atoms with Crippen molar-refractivity contribution in [1.29, 1.82) is 0 Å². The van der Waals surface area contributed by atoms with Crippen molar-refractivity contribution < 1.29 is 13.9 Å². The average molecular weight is 488 g/mol. The topological polar surface area (TPSA) is 71.5 Å². The third-order valence-corrected chi connectivity index (χ3v) is 7.27. The summed E-state index contributed by atoms with van der Waals surface area (Å²) in [6.45, 7) is 3.33. The number of nitrogens with zero attached hydrogens (tertiary/aromatic N) is 5. The number of amides is 1. The Kier molecular flexibility index (Phi) is 5.50. The molecule has 0 aliphatic carbocycles. The molecule has 2 aliphatic rings. The number of halogens is 1. The zero-order valence-electron chi connectivity index (χ0n) is 19.0. The largest absolute Gasteiger partial charge is 0.493 e. The zero-order valence-corrected chi connectivity index (χ0v) is 19.8. The molecule has 4 aromatic rings. The van der Waals surface area contributed by atoms with Gasteiger partial charge in [0.25, 0.3) is 5.91 Å². The standard InChI is InChI=1S/C26H22FN5O2S/c1-16-12-30-25(35-16)26(33)32-14-19-15-34-22-11-20(27)6-7-21(22)23(19)31(32)13-17-4-2-5-18(10-17)24-28-8-3-9-29-24/h2-12,19,23H,13-15H2,1H3/t19-,23-/m1/s1. The van der Waals surface area contributed by atoms with Crippen LogP contribution in [0, 0.1) is 18.7 Å². The molecule has 2 aromatic carbocycles. The van der Waals surface area contributed by atoms with Gasteiger partial charge in [-0.3, -0.25) is 9.80 Å². The highest BCUT2D eigenvalue weighted by molar-refractivity contribution is 7.13. The average Bonchev–Trinajstić information content (AvgIpc) is 3.48. The summed E-state index contributed by atoms with van der Waals surface area (Å²) in [7, 11) is 0. The summed E-state index contributed by atoms with van der Waals surface area (Å²) in [5.41, 5.74) is 2.80. The number of aromatic nitrogens is 3. The van der Waals surface area contributed by atoms with Crippen LogP contribution in [0.2, 0.25) is 0 Å². The first-order chi connectivity index (χ1) is 17.1. The molecule has 176 valence electrons. The maximum Gasteiger partial charge on any atom is 0.297 e. The molecule has 0 bridgehead atoms. The monoisotopic (exact) mass is 487 g/mol. The number of hydrazine groups is 1. The van der Waals surface area contributed by atoms with E-state index < -0.39 is 0 Å². The fraction of sp³-hybridized carbons (Fsp3) is 0.231. The van der Waals surface area contributed by atoms with Gasteiger partial charge in [-0.2, -0.15) is 0 Å². The maximum absolute atomic E-state index is 13.9. The highest BCUT2D eigenvalue weighted by Gasteiger charge is 2.47. The van der Waals surface area contributed by atoms with E-state index in [1.807, 2.05) is 31.2 Å². The van der Waals surface area contributed by atoms with Crippen LogP contribution in [-0.4, -0.2) is 44.0 Å². The molecule has 0 radical (unpaired) electrons. The van der Waals surface area contributed by atoms with Crippen molar-refractivity contribution in [3.63, 3.8) is 0 Å². The van der Waals surface area contributed by atoms with Gasteiger partial charge in [-0.15, -0.1) is 11.3 Å². The first kappa shape index (κ1) is 21.8. The molecule has 0 unspecified atom stereocenters. The number of carbonyl (C=O) groups is 1. The molecule has 1 amide bonds. The third kappa shape index (κ3) is 4.06. The smallest absolute Gasteiger partial charge is 0.297 e. The molecule has 7 nitrogen and oxygen atoms in total. The summed E-state index contributed by atoms with van der Waals surface area (Å²) in [4.78, 5) is 27.6. The van der Waals surface area contributed by atoms with Crippen molar-refractivity contribution in [2.24, 2.45) is 5.92 Å². The molecule has 2 atom stereocenters. The summed E-state index contributed by atoms with van der Waals surface area (Å²) < 4.78 is 19.8. The normalized spacial score (nSPS) is 19.2. The van der Waals surface area contributed by atoms with Crippen molar-refractivity contribution in [2.75, 3.05) is 13.2 Å². The molecule has 9 heteroatoms. The predicted molar refractivity (Wildman–Crippen MR) is 129 cm³/mol. The van der Waals surface area contributed by atoms with E-state index in [0.29, 0.717) is 36.3 Å². The molecule has 1 saturated heterocycles. The van der Waals surface area contributed by atoms with E-state index in [1.165, 1.54) is 23.5 Å². The Labute approximate surface area is 205 Å². The van der Waals surface area contributed by atoms with E-state index >= 15 is 0 Å². The summed E-state index contributed by atoms with van der Waals surface area (Å²) in [6, 6.07) is 14.3. The van der Waals surface area contributed by atoms with Gasteiger partial charge in [-0.25, -0.2) is 24.4 Å². The molecule has 35 heavy (non-hydrogen) atoms. The summed E-state index contributed by atoms with van der Waals surface area (Å²) in [5.74, 6) is 0.754. The summed E-state index contributed by atoms with van der Waals surface area (Å²) >= 11 is 1.39. The van der Waals surface area contributed by atoms with Crippen LogP contribution >= 0.6 is 11.3 Å². The number of rotatable bonds is 4. The van der Waals surface area contributed by atoms with Crippen LogP contribution < -0.4 is 4.74 Å². The van der Waals surface area contributed by atoms with Crippen molar-refractivity contribution in [3.05, 3.63) is 94.0 Å². The number of aryl methyl sites for hydroxylation is 1. The third-order valence-electron chi connectivity index (χ3n) is 6.37. The second kappa shape index (κ2) is 8.83. The molecular weight excluding hydrogens is 465 g/mol. The minimum Gasteiger partial charge on any atom is -0.493 e. The number of hydrogen-bond donors (Lipinski definition) is 0. The van der Waals surface area contributed by atoms with Crippen LogP contribution in [0.15, 0.2) is 67.1 Å². The van der Waals surface area contributed by atoms with Gasteiger partial charge in [0.15, 0.2) is 10.8 Å². The zero-order chi connectivity index (χ0) is 23.9. The molecule has 2 aliphatic heterocycles. The number of hydrogen-bond acceptors (Lipinski definition) is 7. The lowest BCUT2D eigenvalue weighted by Crippen LogP contribution is -2.42. The highest BCUT2D eigenvalue weighted by atomic mass is 32.1. The number of thiazole rings is 1. The second-order valence-electron chi connectivity index (χ2n) is 8.73. The van der Waals surface area contributed by atoms with Gasteiger partial charge in [-0.05, 0) is 30.7 Å². The van der Waals surface area contributed by atoms with Gasteiger partial charge in [0.2, 0.25) is 0 Å². The Balaban J connectivity index is 1.39. The Morgan fingerprint density at radius 1 is 1.14 bits per heavy atom. The summed E-state index contributed by atoms with van der Waals surface area (Å²) in [5, 5.41) is 4.31. The Hall–Kier alpha value is -3.69. The first-order valence-electron chi connectivity index (χ1n) is 11.4. The van der Waals surface area contributed by atoms with Gasteiger partial charge in [0.1, 0.15) is 11.6 Å². The Bertz CT molecular complexity index is 1400. The van der Waals surface area contributed by atoms with E-state index in [4.69, 9.17) is 4.74 Å². The fourth-order valence-electron chi connectivity index (χ4n) is 4.84. The van der Waals surface area contributed by atoms with Gasteiger partial charge in [0, 0.05) is 59.7 Å². The van der Waals surface area contributed by atoms with Crippen LogP contribution in [0.5, 0.6) is 5.75 Å². The molecular formula is C26H22FN5O2S. The van der Waals surface area contributed by atoms with Crippen molar-refractivity contribution >= 4 is 17.2 Å². The lowest BCUT2D eigenvalue weighted by Gasteiger charge is -2.35. The number of ether oxygens (including phenoxy) is 1. The van der Waals surface area contributed by atoms with E-state index in [-0.39, 0.29) is 23.7 Å². The van der Waals surface area contributed by atoms with Gasteiger partial charge in [-0.1, -0.05) is 24.3 Å². The van der Waals surface area contributed by atoms with E-state index in [1.54, 1.807) is 35.7 Å². The quantitative estimate of drug-likeness (QED) is 0.417. The lowest BCUT2D eigenvalue weighted by molar-refractivity contribution is -0.00594. The predicted octanol–water partition coefficient (Wildman–Crippen LogP) is 4.67. The minimum atomic E-state index is -0.339. The van der Waals surface area contributed by atoms with Crippen LogP contribution in [0.3, 0.4) is 0 Å². The molecule has 0 spiro atoms. The fourth-order valence-corrected chi connectivity index (χ4v) is 5.55. The maximum atomic E-state index is 13.9. The first-order valence-corrected chi connectivity index (χ1v) is 12.2. The van der Waals surface area contributed by atoms with E-state index in [0.717, 1.165) is 21.6 Å². The van der Waals surface area contributed by atoms with Crippen LogP contribution in [-0.2, 0) is 6.54 Å². The minimum absolute atomic E-state index is 0.0543. The molecule has 6 rings (SSSR count). The Morgan fingerprint density at radius 2 is 2.00 bits per heavy atom. The van der Waals surface area contributed by atoms with Gasteiger partial charge < -0.3 is 4.74 Å². The van der Waals surface area contributed by atoms with Crippen LogP contribution in [0.25, 0.3) is 11.4 Å². The number of benzene rings is 2. The Morgan fingerprint density at radius 3 is 2.80 bits per heavy atom. The van der Waals surface area contributed by atoms with Gasteiger partial charge >= 0.3 is 0 Å². The van der Waals surface area contributed by atoms with Gasteiger partial charge in [0.05, 0.1) is 12.6 Å². The van der Waals surface area contributed by atoms with E-state index in [2.05, 4.69) is 20.0 Å². The van der Waals surface area contributed by atoms with Crippen molar-refractivity contribution in [1.82, 2.24) is 25.0 Å². The summed E-state index contributed by atoms with van der Waals surface area (Å²) in [6.07, 6.45) is 5.15. The highest BCUT2D eigenvalue weighted by Crippen LogP contribution is 2.46. The van der Waals surface area contributed by atoms with Crippen molar-refractivity contribution in [3.8, 4) is 17.1 Å².